The molecule has 0 radical (unpaired) electrons. The van der Waals surface area contributed by atoms with Crippen LogP contribution in [0.4, 0.5) is 11.6 Å². The van der Waals surface area contributed by atoms with Crippen LogP contribution in [0, 0.1) is 6.92 Å². The van der Waals surface area contributed by atoms with E-state index in [9.17, 15) is 5.11 Å². The second kappa shape index (κ2) is 5.79. The van der Waals surface area contributed by atoms with Crippen LogP contribution in [-0.2, 0) is 0 Å². The van der Waals surface area contributed by atoms with Gasteiger partial charge in [0, 0.05) is 18.0 Å². The summed E-state index contributed by atoms with van der Waals surface area (Å²) in [6.07, 6.45) is -0.812. The van der Waals surface area contributed by atoms with Gasteiger partial charge in [0.2, 0.25) is 0 Å². The van der Waals surface area contributed by atoms with Gasteiger partial charge in [-0.05, 0) is 6.92 Å². The van der Waals surface area contributed by atoms with Crippen molar-refractivity contribution in [1.29, 1.82) is 0 Å². The topological polar surface area (TPSA) is 104 Å². The summed E-state index contributed by atoms with van der Waals surface area (Å²) in [5.74, 6) is 1.88. The van der Waals surface area contributed by atoms with Gasteiger partial charge in [-0.15, -0.1) is 0 Å². The van der Waals surface area contributed by atoms with E-state index in [2.05, 4.69) is 15.3 Å². The third-order valence-electron chi connectivity index (χ3n) is 2.43. The number of nitrogens with zero attached hydrogens (tertiary/aromatic N) is 2. The van der Waals surface area contributed by atoms with Crippen molar-refractivity contribution in [3.05, 3.63) is 11.4 Å². The van der Waals surface area contributed by atoms with Gasteiger partial charge in [-0.2, -0.15) is 0 Å². The van der Waals surface area contributed by atoms with Crippen LogP contribution in [0.3, 0.4) is 0 Å². The Morgan fingerprint density at radius 2 is 2.00 bits per heavy atom. The van der Waals surface area contributed by atoms with Crippen molar-refractivity contribution >= 4 is 11.6 Å². The highest BCUT2D eigenvalue weighted by Crippen LogP contribution is 2.20. The number of aliphatic hydroxyl groups is 2. The molecule has 0 bridgehead atoms. The third-order valence-corrected chi connectivity index (χ3v) is 2.43. The van der Waals surface area contributed by atoms with Gasteiger partial charge >= 0.3 is 0 Å². The molecule has 0 saturated heterocycles. The van der Waals surface area contributed by atoms with Gasteiger partial charge in [-0.3, -0.25) is 0 Å². The molecular formula is C11H20N4O2. The van der Waals surface area contributed by atoms with Gasteiger partial charge in [0.05, 0.1) is 12.7 Å². The van der Waals surface area contributed by atoms with Gasteiger partial charge in [0.25, 0.3) is 0 Å². The van der Waals surface area contributed by atoms with Crippen LogP contribution in [0.5, 0.6) is 0 Å². The smallest absolute Gasteiger partial charge is 0.135 e. The van der Waals surface area contributed by atoms with Crippen LogP contribution >= 0.6 is 0 Å². The molecule has 1 rings (SSSR count). The minimum Gasteiger partial charge on any atom is -0.394 e. The summed E-state index contributed by atoms with van der Waals surface area (Å²) in [6.45, 7) is 5.72. The van der Waals surface area contributed by atoms with E-state index in [1.807, 2.05) is 20.8 Å². The third kappa shape index (κ3) is 3.54. The fourth-order valence-corrected chi connectivity index (χ4v) is 1.26. The molecule has 0 spiro atoms. The summed E-state index contributed by atoms with van der Waals surface area (Å²) in [7, 11) is 0. The molecule has 0 aliphatic heterocycles. The number of nitrogens with two attached hydrogens (primary N) is 1. The Kier molecular flexibility index (Phi) is 4.65. The lowest BCUT2D eigenvalue weighted by Crippen LogP contribution is -2.24. The quantitative estimate of drug-likeness (QED) is 0.588. The average Bonchev–Trinajstić information content (AvgIpc) is 2.30. The summed E-state index contributed by atoms with van der Waals surface area (Å²) in [4.78, 5) is 8.54. The van der Waals surface area contributed by atoms with Crippen LogP contribution in [0.1, 0.15) is 31.2 Å². The highest BCUT2D eigenvalue weighted by molar-refractivity contribution is 5.55. The average molecular weight is 240 g/mol. The van der Waals surface area contributed by atoms with Crippen LogP contribution in [0.2, 0.25) is 0 Å². The van der Waals surface area contributed by atoms with Crippen molar-refractivity contribution in [2.75, 3.05) is 24.2 Å². The lowest BCUT2D eigenvalue weighted by Gasteiger charge is -2.14. The largest absolute Gasteiger partial charge is 0.394 e. The first-order chi connectivity index (χ1) is 7.95. The predicted octanol–water partition coefficient (Wildman–Crippen LogP) is 0.256. The van der Waals surface area contributed by atoms with E-state index in [1.165, 1.54) is 0 Å². The molecule has 1 aromatic heterocycles. The summed E-state index contributed by atoms with van der Waals surface area (Å²) in [5, 5.41) is 21.0. The summed E-state index contributed by atoms with van der Waals surface area (Å²) in [6, 6.07) is 0. The molecule has 6 nitrogen and oxygen atoms in total. The van der Waals surface area contributed by atoms with Crippen LogP contribution in [0.15, 0.2) is 0 Å². The van der Waals surface area contributed by atoms with Gasteiger partial charge in [-0.1, -0.05) is 13.8 Å². The molecule has 0 aliphatic rings. The molecule has 17 heavy (non-hydrogen) atoms. The zero-order valence-electron chi connectivity index (χ0n) is 10.4. The molecule has 6 heteroatoms. The summed E-state index contributed by atoms with van der Waals surface area (Å²) < 4.78 is 0. The predicted molar refractivity (Wildman–Crippen MR) is 66.9 cm³/mol. The molecule has 96 valence electrons. The van der Waals surface area contributed by atoms with Gasteiger partial charge in [0.15, 0.2) is 0 Å². The van der Waals surface area contributed by atoms with Crippen molar-refractivity contribution in [1.82, 2.24) is 9.97 Å². The first kappa shape index (κ1) is 13.7. The standard InChI is InChI=1S/C11H20N4O2/c1-6(2)10-14-9(12)7(3)11(15-10)13-4-8(17)5-16/h6,8,16-17H,4-5H2,1-3H3,(H3,12,13,14,15). The Labute approximate surface area is 101 Å². The molecule has 0 fully saturated rings. The molecule has 1 unspecified atom stereocenters. The number of aromatic nitrogens is 2. The SMILES string of the molecule is Cc1c(N)nc(C(C)C)nc1NCC(O)CO. The highest BCUT2D eigenvalue weighted by atomic mass is 16.3. The number of nitrogens with one attached hydrogen (secondary N) is 1. The van der Waals surface area contributed by atoms with Crippen LogP contribution in [0.25, 0.3) is 0 Å². The molecule has 1 heterocycles. The maximum atomic E-state index is 9.27. The summed E-state index contributed by atoms with van der Waals surface area (Å²) >= 11 is 0. The van der Waals surface area contributed by atoms with Crippen molar-refractivity contribution in [2.45, 2.75) is 32.8 Å². The van der Waals surface area contributed by atoms with E-state index in [-0.39, 0.29) is 19.1 Å². The van der Waals surface area contributed by atoms with Crippen LogP contribution < -0.4 is 11.1 Å². The Morgan fingerprint density at radius 1 is 1.35 bits per heavy atom. The Balaban J connectivity index is 2.90. The number of rotatable bonds is 5. The zero-order valence-corrected chi connectivity index (χ0v) is 10.4. The fraction of sp³-hybridized carbons (Fsp3) is 0.636. The maximum absolute atomic E-state index is 9.27. The molecule has 0 saturated carbocycles. The highest BCUT2D eigenvalue weighted by Gasteiger charge is 2.12. The number of hydrogen-bond donors (Lipinski definition) is 4. The van der Waals surface area contributed by atoms with Gasteiger partial charge in [-0.25, -0.2) is 9.97 Å². The number of nitrogen functional groups attached to an aromatic ring is 1. The number of hydrogen-bond acceptors (Lipinski definition) is 6. The number of anilines is 2. The Morgan fingerprint density at radius 3 is 2.53 bits per heavy atom. The van der Waals surface area contributed by atoms with E-state index < -0.39 is 6.10 Å². The molecule has 0 amide bonds. The fourth-order valence-electron chi connectivity index (χ4n) is 1.26. The van der Waals surface area contributed by atoms with Crippen LogP contribution in [-0.4, -0.2) is 39.4 Å². The van der Waals surface area contributed by atoms with Gasteiger partial charge in [0.1, 0.15) is 17.5 Å². The minimum atomic E-state index is -0.812. The Hall–Kier alpha value is -1.40. The molecule has 0 aromatic carbocycles. The maximum Gasteiger partial charge on any atom is 0.135 e. The van der Waals surface area contributed by atoms with Crippen molar-refractivity contribution in [2.24, 2.45) is 0 Å². The van der Waals surface area contributed by atoms with E-state index >= 15 is 0 Å². The van der Waals surface area contributed by atoms with Crippen molar-refractivity contribution < 1.29 is 10.2 Å². The van der Waals surface area contributed by atoms with Crippen molar-refractivity contribution in [3.8, 4) is 0 Å². The lowest BCUT2D eigenvalue weighted by atomic mass is 10.2. The van der Waals surface area contributed by atoms with E-state index in [4.69, 9.17) is 10.8 Å². The van der Waals surface area contributed by atoms with Crippen molar-refractivity contribution in [3.63, 3.8) is 0 Å². The second-order valence-corrected chi connectivity index (χ2v) is 4.31. The normalized spacial score (nSPS) is 12.8. The van der Waals surface area contributed by atoms with E-state index in [0.29, 0.717) is 17.5 Å². The number of aliphatic hydroxyl groups excluding tert-OH is 2. The minimum absolute atomic E-state index is 0.182. The summed E-state index contributed by atoms with van der Waals surface area (Å²) in [5.41, 5.74) is 6.54. The molecule has 0 aliphatic carbocycles. The lowest BCUT2D eigenvalue weighted by molar-refractivity contribution is 0.105. The molecular weight excluding hydrogens is 220 g/mol. The molecule has 1 atom stereocenters. The first-order valence-electron chi connectivity index (χ1n) is 5.62. The van der Waals surface area contributed by atoms with Gasteiger partial charge < -0.3 is 21.3 Å². The monoisotopic (exact) mass is 240 g/mol. The van der Waals surface area contributed by atoms with E-state index in [0.717, 1.165) is 5.56 Å². The molecule has 1 aromatic rings. The van der Waals surface area contributed by atoms with E-state index in [1.54, 1.807) is 0 Å². The first-order valence-corrected chi connectivity index (χ1v) is 5.62. The Bertz CT molecular complexity index is 382. The second-order valence-electron chi connectivity index (χ2n) is 4.31. The zero-order chi connectivity index (χ0) is 13.0. The molecule has 5 N–H and O–H groups in total.